The van der Waals surface area contributed by atoms with Gasteiger partial charge in [0.25, 0.3) is 0 Å². The van der Waals surface area contributed by atoms with Crippen molar-refractivity contribution in [3.63, 3.8) is 0 Å². The van der Waals surface area contributed by atoms with Crippen LogP contribution < -0.4 is 15.0 Å². The summed E-state index contributed by atoms with van der Waals surface area (Å²) in [5, 5.41) is 3.02. The fourth-order valence-corrected chi connectivity index (χ4v) is 1.97. The third kappa shape index (κ3) is 2.64. The monoisotopic (exact) mass is 252 g/mol. The fourth-order valence-electron chi connectivity index (χ4n) is 1.97. The molecule has 1 N–H and O–H groups in total. The Balaban J connectivity index is 2.28. The number of ether oxygens (including phenoxy) is 2. The van der Waals surface area contributed by atoms with E-state index in [1.165, 1.54) is 12.8 Å². The second kappa shape index (κ2) is 5.86. The van der Waals surface area contributed by atoms with Crippen LogP contribution in [0.5, 0.6) is 5.75 Å². The lowest BCUT2D eigenvalue weighted by molar-refractivity contribution is 0.204. The Labute approximate surface area is 107 Å². The standard InChI is InChI=1S/C12H20N4O2/c1-13-11-10(18-3)12(15-8-14-11)16(6-7-17-2)9-4-5-9/h8-9H,4-7H2,1-3H3,(H,13,14,15). The van der Waals surface area contributed by atoms with Gasteiger partial charge in [0.1, 0.15) is 6.33 Å². The second-order valence-electron chi connectivity index (χ2n) is 4.25. The minimum Gasteiger partial charge on any atom is -0.490 e. The van der Waals surface area contributed by atoms with Crippen LogP contribution in [0.25, 0.3) is 0 Å². The van der Waals surface area contributed by atoms with E-state index in [4.69, 9.17) is 9.47 Å². The first-order valence-electron chi connectivity index (χ1n) is 6.14. The molecule has 0 spiro atoms. The highest BCUT2D eigenvalue weighted by Crippen LogP contribution is 2.37. The van der Waals surface area contributed by atoms with E-state index in [9.17, 15) is 0 Å². The number of nitrogens with zero attached hydrogens (tertiary/aromatic N) is 3. The normalized spacial score (nSPS) is 14.4. The van der Waals surface area contributed by atoms with Crippen molar-refractivity contribution >= 4 is 11.6 Å². The van der Waals surface area contributed by atoms with Gasteiger partial charge in [0.2, 0.25) is 5.75 Å². The third-order valence-corrected chi connectivity index (χ3v) is 3.02. The topological polar surface area (TPSA) is 59.5 Å². The lowest BCUT2D eigenvalue weighted by Crippen LogP contribution is -2.30. The Morgan fingerprint density at radius 2 is 2.17 bits per heavy atom. The van der Waals surface area contributed by atoms with E-state index < -0.39 is 0 Å². The van der Waals surface area contributed by atoms with Gasteiger partial charge >= 0.3 is 0 Å². The van der Waals surface area contributed by atoms with Crippen molar-refractivity contribution in [1.82, 2.24) is 9.97 Å². The van der Waals surface area contributed by atoms with Gasteiger partial charge in [-0.05, 0) is 12.8 Å². The predicted octanol–water partition coefficient (Wildman–Crippen LogP) is 1.14. The van der Waals surface area contributed by atoms with Gasteiger partial charge in [-0.3, -0.25) is 0 Å². The maximum atomic E-state index is 5.44. The van der Waals surface area contributed by atoms with Crippen LogP contribution in [-0.2, 0) is 4.74 Å². The molecule has 0 radical (unpaired) electrons. The van der Waals surface area contributed by atoms with Gasteiger partial charge in [0, 0.05) is 26.7 Å². The zero-order valence-electron chi connectivity index (χ0n) is 11.1. The first-order valence-corrected chi connectivity index (χ1v) is 6.14. The van der Waals surface area contributed by atoms with Crippen LogP contribution in [0.4, 0.5) is 11.6 Å². The molecule has 6 heteroatoms. The fraction of sp³-hybridized carbons (Fsp3) is 0.667. The highest BCUT2D eigenvalue weighted by atomic mass is 16.5. The Hall–Kier alpha value is -1.56. The summed E-state index contributed by atoms with van der Waals surface area (Å²) in [5.41, 5.74) is 0. The molecule has 100 valence electrons. The third-order valence-electron chi connectivity index (χ3n) is 3.02. The Morgan fingerprint density at radius 1 is 1.39 bits per heavy atom. The molecule has 0 bridgehead atoms. The molecule has 1 aromatic heterocycles. The first kappa shape index (κ1) is 12.9. The Kier molecular flexibility index (Phi) is 4.19. The minimum atomic E-state index is 0.550. The number of hydrogen-bond donors (Lipinski definition) is 1. The van der Waals surface area contributed by atoms with Crippen molar-refractivity contribution in [2.24, 2.45) is 0 Å². The highest BCUT2D eigenvalue weighted by molar-refractivity contribution is 5.65. The maximum Gasteiger partial charge on any atom is 0.204 e. The molecule has 0 unspecified atom stereocenters. The van der Waals surface area contributed by atoms with Crippen molar-refractivity contribution in [1.29, 1.82) is 0 Å². The molecular weight excluding hydrogens is 232 g/mol. The van der Waals surface area contributed by atoms with Gasteiger partial charge < -0.3 is 19.7 Å². The quantitative estimate of drug-likeness (QED) is 0.785. The number of hydrogen-bond acceptors (Lipinski definition) is 6. The van der Waals surface area contributed by atoms with Crippen molar-refractivity contribution in [2.75, 3.05) is 44.6 Å². The maximum absolute atomic E-state index is 5.44. The molecule has 1 aromatic rings. The lowest BCUT2D eigenvalue weighted by atomic mass is 10.4. The van der Waals surface area contributed by atoms with Crippen LogP contribution in [0.3, 0.4) is 0 Å². The Bertz CT molecular complexity index is 396. The largest absolute Gasteiger partial charge is 0.490 e. The molecule has 1 aliphatic rings. The van der Waals surface area contributed by atoms with Gasteiger partial charge in [-0.1, -0.05) is 0 Å². The molecule has 18 heavy (non-hydrogen) atoms. The number of aromatic nitrogens is 2. The Morgan fingerprint density at radius 3 is 2.72 bits per heavy atom. The van der Waals surface area contributed by atoms with E-state index in [0.29, 0.717) is 24.2 Å². The van der Waals surface area contributed by atoms with Gasteiger partial charge in [-0.2, -0.15) is 0 Å². The van der Waals surface area contributed by atoms with E-state index in [-0.39, 0.29) is 0 Å². The van der Waals surface area contributed by atoms with E-state index in [1.54, 1.807) is 20.5 Å². The average molecular weight is 252 g/mol. The summed E-state index contributed by atoms with van der Waals surface area (Å²) in [7, 11) is 5.18. The summed E-state index contributed by atoms with van der Waals surface area (Å²) >= 11 is 0. The number of methoxy groups -OCH3 is 2. The van der Waals surface area contributed by atoms with Crippen LogP contribution in [0.2, 0.25) is 0 Å². The summed E-state index contributed by atoms with van der Waals surface area (Å²) in [6.45, 7) is 1.50. The molecule has 1 saturated carbocycles. The van der Waals surface area contributed by atoms with Gasteiger partial charge in [0.05, 0.1) is 13.7 Å². The summed E-state index contributed by atoms with van der Waals surface area (Å²) in [6, 6.07) is 0.550. The lowest BCUT2D eigenvalue weighted by Gasteiger charge is -2.25. The van der Waals surface area contributed by atoms with Crippen LogP contribution in [-0.4, -0.2) is 50.4 Å². The molecular formula is C12H20N4O2. The van der Waals surface area contributed by atoms with Gasteiger partial charge in [-0.15, -0.1) is 0 Å². The van der Waals surface area contributed by atoms with Crippen molar-refractivity contribution in [3.8, 4) is 5.75 Å². The van der Waals surface area contributed by atoms with Crippen LogP contribution in [0.15, 0.2) is 6.33 Å². The molecule has 0 aromatic carbocycles. The molecule has 6 nitrogen and oxygen atoms in total. The van der Waals surface area contributed by atoms with E-state index in [2.05, 4.69) is 20.2 Å². The highest BCUT2D eigenvalue weighted by Gasteiger charge is 2.32. The summed E-state index contributed by atoms with van der Waals surface area (Å²) in [6.07, 6.45) is 3.96. The smallest absolute Gasteiger partial charge is 0.204 e. The summed E-state index contributed by atoms with van der Waals surface area (Å²) in [4.78, 5) is 10.8. The average Bonchev–Trinajstić information content (AvgIpc) is 3.23. The zero-order chi connectivity index (χ0) is 13.0. The molecule has 0 aliphatic heterocycles. The minimum absolute atomic E-state index is 0.550. The van der Waals surface area contributed by atoms with E-state index in [0.717, 1.165) is 12.4 Å². The van der Waals surface area contributed by atoms with Crippen LogP contribution in [0, 0.1) is 0 Å². The molecule has 2 rings (SSSR count). The first-order chi connectivity index (χ1) is 8.81. The molecule has 1 fully saturated rings. The number of nitrogens with one attached hydrogen (secondary N) is 1. The van der Waals surface area contributed by atoms with E-state index in [1.807, 2.05) is 7.05 Å². The van der Waals surface area contributed by atoms with Crippen LogP contribution >= 0.6 is 0 Å². The summed E-state index contributed by atoms with van der Waals surface area (Å²) in [5.74, 6) is 2.25. The van der Waals surface area contributed by atoms with Gasteiger partial charge in [0.15, 0.2) is 11.6 Å². The van der Waals surface area contributed by atoms with Crippen LogP contribution in [0.1, 0.15) is 12.8 Å². The zero-order valence-corrected chi connectivity index (χ0v) is 11.1. The molecule has 0 amide bonds. The van der Waals surface area contributed by atoms with Gasteiger partial charge in [-0.25, -0.2) is 9.97 Å². The van der Waals surface area contributed by atoms with Crippen molar-refractivity contribution < 1.29 is 9.47 Å². The van der Waals surface area contributed by atoms with Crippen molar-refractivity contribution in [3.05, 3.63) is 6.33 Å². The molecule has 0 saturated heterocycles. The SMILES string of the molecule is CNc1ncnc(N(CCOC)C2CC2)c1OC. The second-order valence-corrected chi connectivity index (χ2v) is 4.25. The number of anilines is 2. The molecule has 1 aliphatic carbocycles. The summed E-state index contributed by atoms with van der Waals surface area (Å²) < 4.78 is 10.6. The predicted molar refractivity (Wildman–Crippen MR) is 70.4 cm³/mol. The van der Waals surface area contributed by atoms with E-state index >= 15 is 0 Å². The molecule has 1 heterocycles. The van der Waals surface area contributed by atoms with Crippen molar-refractivity contribution in [2.45, 2.75) is 18.9 Å². The molecule has 0 atom stereocenters. The number of rotatable bonds is 7.